The molecule has 124 valence electrons. The van der Waals surface area contributed by atoms with Crippen molar-refractivity contribution in [1.82, 2.24) is 20.0 Å². The summed E-state index contributed by atoms with van der Waals surface area (Å²) in [6.07, 6.45) is 5.80. The minimum absolute atomic E-state index is 0.178. The van der Waals surface area contributed by atoms with Gasteiger partial charge in [-0.3, -0.25) is 0 Å². The molecule has 0 atom stereocenters. The maximum Gasteiger partial charge on any atom is 0.128 e. The van der Waals surface area contributed by atoms with Gasteiger partial charge in [-0.05, 0) is 50.7 Å². The van der Waals surface area contributed by atoms with Crippen molar-refractivity contribution in [1.29, 1.82) is 0 Å². The van der Waals surface area contributed by atoms with E-state index in [1.165, 1.54) is 12.8 Å². The van der Waals surface area contributed by atoms with Crippen LogP contribution >= 0.6 is 0 Å². The fraction of sp³-hybridized carbons (Fsp3) is 0.588. The molecule has 0 radical (unpaired) electrons. The molecule has 0 aromatic carbocycles. The van der Waals surface area contributed by atoms with Crippen LogP contribution in [-0.2, 0) is 6.42 Å². The largest absolute Gasteiger partial charge is 0.396 e. The molecule has 1 fully saturated rings. The van der Waals surface area contributed by atoms with E-state index in [2.05, 4.69) is 39.3 Å². The van der Waals surface area contributed by atoms with E-state index in [1.807, 2.05) is 17.8 Å². The molecule has 1 aliphatic rings. The predicted octanol–water partition coefficient (Wildman–Crippen LogP) is 2.13. The number of nitrogens with zero attached hydrogens (tertiary/aromatic N) is 5. The molecule has 0 spiro atoms. The van der Waals surface area contributed by atoms with Crippen molar-refractivity contribution in [2.45, 2.75) is 39.5 Å². The summed E-state index contributed by atoms with van der Waals surface area (Å²) in [6.45, 7) is 6.67. The second-order valence-electron chi connectivity index (χ2n) is 6.40. The lowest BCUT2D eigenvalue weighted by Crippen LogP contribution is -2.33. The molecule has 1 aliphatic heterocycles. The summed E-state index contributed by atoms with van der Waals surface area (Å²) in [5.41, 5.74) is 2.88. The van der Waals surface area contributed by atoms with Gasteiger partial charge >= 0.3 is 0 Å². The summed E-state index contributed by atoms with van der Waals surface area (Å²) in [5.74, 6) is 1.86. The normalized spacial score (nSPS) is 16.0. The van der Waals surface area contributed by atoms with E-state index in [9.17, 15) is 0 Å². The highest BCUT2D eigenvalue weighted by atomic mass is 16.2. The SMILES string of the molecule is Cc1c(CCCO)nnn1-c1ccc(N2CCC(C)CC2)nc1. The highest BCUT2D eigenvalue weighted by Gasteiger charge is 2.17. The summed E-state index contributed by atoms with van der Waals surface area (Å²) in [7, 11) is 0. The molecule has 23 heavy (non-hydrogen) atoms. The molecule has 0 saturated carbocycles. The number of anilines is 1. The number of aromatic nitrogens is 4. The third kappa shape index (κ3) is 3.52. The second-order valence-corrected chi connectivity index (χ2v) is 6.40. The van der Waals surface area contributed by atoms with Crippen LogP contribution in [0.3, 0.4) is 0 Å². The zero-order chi connectivity index (χ0) is 16.2. The number of aliphatic hydroxyl groups excluding tert-OH is 1. The molecule has 2 aromatic heterocycles. The number of rotatable bonds is 5. The van der Waals surface area contributed by atoms with Gasteiger partial charge in [0, 0.05) is 19.7 Å². The zero-order valence-corrected chi connectivity index (χ0v) is 13.9. The molecule has 2 aromatic rings. The minimum Gasteiger partial charge on any atom is -0.396 e. The Morgan fingerprint density at radius 2 is 2.04 bits per heavy atom. The van der Waals surface area contributed by atoms with Gasteiger partial charge in [0.15, 0.2) is 0 Å². The van der Waals surface area contributed by atoms with E-state index in [-0.39, 0.29) is 6.61 Å². The maximum atomic E-state index is 8.94. The van der Waals surface area contributed by atoms with Gasteiger partial charge in [-0.15, -0.1) is 5.10 Å². The molecule has 0 unspecified atom stereocenters. The van der Waals surface area contributed by atoms with Gasteiger partial charge in [0.25, 0.3) is 0 Å². The highest BCUT2D eigenvalue weighted by molar-refractivity contribution is 5.43. The fourth-order valence-electron chi connectivity index (χ4n) is 3.01. The van der Waals surface area contributed by atoms with E-state index in [1.54, 1.807) is 0 Å². The van der Waals surface area contributed by atoms with Crippen LogP contribution in [0.5, 0.6) is 0 Å². The number of hydrogen-bond acceptors (Lipinski definition) is 5. The molecule has 1 N–H and O–H groups in total. The Bertz CT molecular complexity index is 629. The Morgan fingerprint density at radius 3 is 2.70 bits per heavy atom. The quantitative estimate of drug-likeness (QED) is 0.915. The van der Waals surface area contributed by atoms with E-state index in [4.69, 9.17) is 5.11 Å². The van der Waals surface area contributed by atoms with E-state index >= 15 is 0 Å². The van der Waals surface area contributed by atoms with Crippen molar-refractivity contribution in [2.24, 2.45) is 5.92 Å². The van der Waals surface area contributed by atoms with Gasteiger partial charge in [0.2, 0.25) is 0 Å². The molecular weight excluding hydrogens is 290 g/mol. The molecule has 3 heterocycles. The first-order chi connectivity index (χ1) is 11.2. The fourth-order valence-corrected chi connectivity index (χ4v) is 3.01. The van der Waals surface area contributed by atoms with Crippen LogP contribution in [0.4, 0.5) is 5.82 Å². The highest BCUT2D eigenvalue weighted by Crippen LogP contribution is 2.22. The number of aryl methyl sites for hydroxylation is 1. The standard InChI is InChI=1S/C17H25N5O/c1-13-7-9-21(10-8-13)17-6-5-15(12-18-17)22-14(2)16(19-20-22)4-3-11-23/h5-6,12-13,23H,3-4,7-11H2,1-2H3. The lowest BCUT2D eigenvalue weighted by Gasteiger charge is -2.31. The van der Waals surface area contributed by atoms with Crippen LogP contribution in [0.1, 0.15) is 37.6 Å². The Balaban J connectivity index is 1.73. The monoisotopic (exact) mass is 315 g/mol. The van der Waals surface area contributed by atoms with Crippen LogP contribution in [0.25, 0.3) is 5.69 Å². The summed E-state index contributed by atoms with van der Waals surface area (Å²) in [6, 6.07) is 4.12. The molecule has 6 nitrogen and oxygen atoms in total. The Morgan fingerprint density at radius 1 is 1.26 bits per heavy atom. The first kappa shape index (κ1) is 15.9. The lowest BCUT2D eigenvalue weighted by molar-refractivity contribution is 0.288. The van der Waals surface area contributed by atoms with Crippen molar-refractivity contribution < 1.29 is 5.11 Å². The smallest absolute Gasteiger partial charge is 0.128 e. The third-order valence-electron chi connectivity index (χ3n) is 4.65. The number of piperidine rings is 1. The van der Waals surface area contributed by atoms with Crippen molar-refractivity contribution in [3.05, 3.63) is 29.7 Å². The second kappa shape index (κ2) is 7.08. The summed E-state index contributed by atoms with van der Waals surface area (Å²) < 4.78 is 1.82. The molecule has 1 saturated heterocycles. The Labute approximate surface area is 137 Å². The summed E-state index contributed by atoms with van der Waals surface area (Å²) in [5, 5.41) is 17.4. The van der Waals surface area contributed by atoms with E-state index in [0.717, 1.165) is 48.3 Å². The first-order valence-electron chi connectivity index (χ1n) is 8.42. The third-order valence-corrected chi connectivity index (χ3v) is 4.65. The molecule has 0 amide bonds. The lowest BCUT2D eigenvalue weighted by atomic mass is 9.99. The van der Waals surface area contributed by atoms with Gasteiger partial charge in [0.05, 0.1) is 23.3 Å². The molecular formula is C17H25N5O. The molecule has 0 aliphatic carbocycles. The van der Waals surface area contributed by atoms with Crippen LogP contribution in [0.15, 0.2) is 18.3 Å². The average Bonchev–Trinajstić information content (AvgIpc) is 2.95. The zero-order valence-electron chi connectivity index (χ0n) is 13.9. The van der Waals surface area contributed by atoms with Gasteiger partial charge in [0.1, 0.15) is 5.82 Å². The van der Waals surface area contributed by atoms with Gasteiger partial charge in [-0.2, -0.15) is 0 Å². The predicted molar refractivity (Wildman–Crippen MR) is 89.9 cm³/mol. The number of aliphatic hydroxyl groups is 1. The maximum absolute atomic E-state index is 8.94. The number of hydrogen-bond donors (Lipinski definition) is 1. The van der Waals surface area contributed by atoms with Gasteiger partial charge < -0.3 is 10.0 Å². The Kier molecular flexibility index (Phi) is 4.91. The topological polar surface area (TPSA) is 67.1 Å². The summed E-state index contributed by atoms with van der Waals surface area (Å²) in [4.78, 5) is 6.97. The van der Waals surface area contributed by atoms with Crippen molar-refractivity contribution >= 4 is 5.82 Å². The first-order valence-corrected chi connectivity index (χ1v) is 8.42. The van der Waals surface area contributed by atoms with Crippen molar-refractivity contribution in [3.8, 4) is 5.69 Å². The van der Waals surface area contributed by atoms with Crippen LogP contribution < -0.4 is 4.90 Å². The van der Waals surface area contributed by atoms with Crippen LogP contribution in [-0.4, -0.2) is 44.8 Å². The average molecular weight is 315 g/mol. The van der Waals surface area contributed by atoms with Crippen molar-refractivity contribution in [2.75, 3.05) is 24.6 Å². The Hall–Kier alpha value is -1.95. The molecule has 0 bridgehead atoms. The van der Waals surface area contributed by atoms with Gasteiger partial charge in [-0.1, -0.05) is 12.1 Å². The number of pyridine rings is 1. The molecule has 3 rings (SSSR count). The van der Waals surface area contributed by atoms with Gasteiger partial charge in [-0.25, -0.2) is 9.67 Å². The van der Waals surface area contributed by atoms with Crippen LogP contribution in [0.2, 0.25) is 0 Å². The van der Waals surface area contributed by atoms with E-state index < -0.39 is 0 Å². The summed E-state index contributed by atoms with van der Waals surface area (Å²) >= 11 is 0. The van der Waals surface area contributed by atoms with E-state index in [0.29, 0.717) is 6.42 Å². The van der Waals surface area contributed by atoms with Crippen molar-refractivity contribution in [3.63, 3.8) is 0 Å². The molecule has 6 heteroatoms. The van der Waals surface area contributed by atoms with Crippen LogP contribution in [0, 0.1) is 12.8 Å². The minimum atomic E-state index is 0.178.